The zero-order valence-electron chi connectivity index (χ0n) is 9.79. The fourth-order valence-corrected chi connectivity index (χ4v) is 2.33. The highest BCUT2D eigenvalue weighted by Gasteiger charge is 2.41. The number of aliphatic hydroxyl groups is 1. The van der Waals surface area contributed by atoms with Gasteiger partial charge in [-0.15, -0.1) is 0 Å². The summed E-state index contributed by atoms with van der Waals surface area (Å²) >= 11 is 0. The predicted molar refractivity (Wildman–Crippen MR) is 64.5 cm³/mol. The van der Waals surface area contributed by atoms with Gasteiger partial charge in [0.05, 0.1) is 12.7 Å². The monoisotopic (exact) mass is 244 g/mol. The van der Waals surface area contributed by atoms with Gasteiger partial charge in [-0.05, 0) is 24.3 Å². The number of Topliss-reactive ketones (excluding diaryl/α,β-unsaturated/α-hetero) is 1. The smallest absolute Gasteiger partial charge is 0.181 e. The van der Waals surface area contributed by atoms with Crippen molar-refractivity contribution in [3.05, 3.63) is 53.5 Å². The molecule has 2 aliphatic rings. The summed E-state index contributed by atoms with van der Waals surface area (Å²) in [4.78, 5) is 12.4. The number of benzene rings is 1. The third kappa shape index (κ3) is 1.42. The number of methoxy groups -OCH3 is 1. The fraction of sp³-hybridized carbons (Fsp3) is 0.214. The van der Waals surface area contributed by atoms with Crippen LogP contribution in [0.4, 0.5) is 0 Å². The number of ether oxygens (including phenoxy) is 2. The number of hydrogen-bond donors (Lipinski definition) is 1. The molecule has 4 heteroatoms. The zero-order chi connectivity index (χ0) is 12.7. The van der Waals surface area contributed by atoms with Gasteiger partial charge in [0.15, 0.2) is 11.5 Å². The second-order valence-electron chi connectivity index (χ2n) is 4.23. The Balaban J connectivity index is 2.09. The van der Waals surface area contributed by atoms with Crippen LogP contribution >= 0.6 is 0 Å². The highest BCUT2D eigenvalue weighted by Crippen LogP contribution is 2.37. The van der Waals surface area contributed by atoms with E-state index in [-0.39, 0.29) is 11.5 Å². The molecule has 0 bridgehead atoms. The first-order chi connectivity index (χ1) is 8.72. The van der Waals surface area contributed by atoms with E-state index >= 15 is 0 Å². The van der Waals surface area contributed by atoms with Crippen LogP contribution in [-0.4, -0.2) is 24.1 Å². The minimum absolute atomic E-state index is 0.0653. The quantitative estimate of drug-likeness (QED) is 0.823. The van der Waals surface area contributed by atoms with Crippen molar-refractivity contribution in [1.82, 2.24) is 0 Å². The molecule has 2 unspecified atom stereocenters. The molecule has 0 amide bonds. The maximum Gasteiger partial charge on any atom is 0.181 e. The zero-order valence-corrected chi connectivity index (χ0v) is 9.79. The van der Waals surface area contributed by atoms with Gasteiger partial charge in [0.25, 0.3) is 0 Å². The molecule has 0 saturated carbocycles. The molecule has 0 radical (unpaired) electrons. The normalized spacial score (nSPS) is 25.3. The minimum atomic E-state index is -0.708. The number of ketones is 1. The summed E-state index contributed by atoms with van der Waals surface area (Å²) in [5.41, 5.74) is 0.496. The van der Waals surface area contributed by atoms with Gasteiger partial charge in [0, 0.05) is 0 Å². The predicted octanol–water partition coefficient (Wildman–Crippen LogP) is 2.23. The third-order valence-corrected chi connectivity index (χ3v) is 3.23. The number of allylic oxidation sites excluding steroid dienone is 1. The Morgan fingerprint density at radius 3 is 2.89 bits per heavy atom. The van der Waals surface area contributed by atoms with E-state index in [2.05, 4.69) is 0 Å². The molecule has 0 saturated heterocycles. The number of fused-ring (bicyclic) bond motifs is 2. The van der Waals surface area contributed by atoms with Gasteiger partial charge in [-0.3, -0.25) is 4.79 Å². The van der Waals surface area contributed by atoms with Crippen molar-refractivity contribution in [2.24, 2.45) is 5.92 Å². The van der Waals surface area contributed by atoms with Crippen LogP contribution in [0.5, 0.6) is 5.75 Å². The number of aliphatic hydroxyl groups excluding tert-OH is 1. The molecule has 3 rings (SSSR count). The molecule has 1 aliphatic heterocycles. The van der Waals surface area contributed by atoms with E-state index in [1.807, 2.05) is 6.07 Å². The average Bonchev–Trinajstić information content (AvgIpc) is 2.39. The van der Waals surface area contributed by atoms with Gasteiger partial charge < -0.3 is 14.6 Å². The first-order valence-electron chi connectivity index (χ1n) is 5.67. The Morgan fingerprint density at radius 1 is 1.33 bits per heavy atom. The van der Waals surface area contributed by atoms with Gasteiger partial charge >= 0.3 is 0 Å². The van der Waals surface area contributed by atoms with Crippen LogP contribution in [0.15, 0.2) is 47.9 Å². The highest BCUT2D eigenvalue weighted by atomic mass is 16.5. The number of hydrogen-bond acceptors (Lipinski definition) is 4. The molecular weight excluding hydrogens is 232 g/mol. The number of para-hydroxylation sites is 1. The summed E-state index contributed by atoms with van der Waals surface area (Å²) in [7, 11) is 1.46. The van der Waals surface area contributed by atoms with E-state index in [0.717, 1.165) is 0 Å². The van der Waals surface area contributed by atoms with Crippen LogP contribution in [0, 0.1) is 5.92 Å². The number of carbonyl (C=O) groups excluding carboxylic acids is 1. The van der Waals surface area contributed by atoms with Crippen molar-refractivity contribution in [3.8, 4) is 5.75 Å². The SMILES string of the molecule is COC1=C(O)C2C(=O)c3ccccc3OC2C=C1. The highest BCUT2D eigenvalue weighted by molar-refractivity contribution is 6.03. The van der Waals surface area contributed by atoms with Gasteiger partial charge in [0.2, 0.25) is 0 Å². The second kappa shape index (κ2) is 3.91. The lowest BCUT2D eigenvalue weighted by atomic mass is 9.84. The van der Waals surface area contributed by atoms with E-state index in [9.17, 15) is 9.90 Å². The van der Waals surface area contributed by atoms with Gasteiger partial charge in [0.1, 0.15) is 23.5 Å². The van der Waals surface area contributed by atoms with Crippen molar-refractivity contribution in [3.63, 3.8) is 0 Å². The molecule has 1 N–H and O–H groups in total. The van der Waals surface area contributed by atoms with E-state index in [4.69, 9.17) is 9.47 Å². The summed E-state index contributed by atoms with van der Waals surface area (Å²) in [5, 5.41) is 10.1. The minimum Gasteiger partial charge on any atom is -0.507 e. The summed E-state index contributed by atoms with van der Waals surface area (Å²) in [5.74, 6) is -0.0442. The first kappa shape index (κ1) is 10.9. The summed E-state index contributed by atoms with van der Waals surface area (Å²) < 4.78 is 10.7. The van der Waals surface area contributed by atoms with E-state index < -0.39 is 12.0 Å². The Morgan fingerprint density at radius 2 is 2.11 bits per heavy atom. The summed E-state index contributed by atoms with van der Waals surface area (Å²) in [6.07, 6.45) is 2.89. The average molecular weight is 244 g/mol. The largest absolute Gasteiger partial charge is 0.507 e. The van der Waals surface area contributed by atoms with Gasteiger partial charge in [-0.1, -0.05) is 12.1 Å². The Kier molecular flexibility index (Phi) is 2.37. The van der Waals surface area contributed by atoms with Crippen LogP contribution < -0.4 is 4.74 Å². The maximum atomic E-state index is 12.4. The molecule has 1 aromatic rings. The molecule has 1 aliphatic carbocycles. The van der Waals surface area contributed by atoms with Crippen LogP contribution in [0.25, 0.3) is 0 Å². The molecule has 2 atom stereocenters. The Hall–Kier alpha value is -2.23. The van der Waals surface area contributed by atoms with Crippen LogP contribution in [-0.2, 0) is 4.74 Å². The van der Waals surface area contributed by atoms with Crippen LogP contribution in [0.3, 0.4) is 0 Å². The van der Waals surface area contributed by atoms with E-state index in [1.54, 1.807) is 30.4 Å². The molecule has 92 valence electrons. The lowest BCUT2D eigenvalue weighted by Crippen LogP contribution is -2.39. The molecule has 1 heterocycles. The molecule has 18 heavy (non-hydrogen) atoms. The topological polar surface area (TPSA) is 55.8 Å². The lowest BCUT2D eigenvalue weighted by Gasteiger charge is -2.32. The molecule has 1 aromatic carbocycles. The van der Waals surface area contributed by atoms with Crippen molar-refractivity contribution >= 4 is 5.78 Å². The second-order valence-corrected chi connectivity index (χ2v) is 4.23. The van der Waals surface area contributed by atoms with Gasteiger partial charge in [-0.25, -0.2) is 0 Å². The standard InChI is InChI=1S/C14H12O4/c1-17-11-7-6-10-12(14(11)16)13(15)8-4-2-3-5-9(8)18-10/h2-7,10,12,16H,1H3. The molecule has 0 aromatic heterocycles. The van der Waals surface area contributed by atoms with Crippen molar-refractivity contribution in [2.75, 3.05) is 7.11 Å². The van der Waals surface area contributed by atoms with Gasteiger partial charge in [-0.2, -0.15) is 0 Å². The molecule has 0 fully saturated rings. The fourth-order valence-electron chi connectivity index (χ4n) is 2.33. The maximum absolute atomic E-state index is 12.4. The van der Waals surface area contributed by atoms with Crippen LogP contribution in [0.1, 0.15) is 10.4 Å². The third-order valence-electron chi connectivity index (χ3n) is 3.23. The Labute approximate surface area is 104 Å². The first-order valence-corrected chi connectivity index (χ1v) is 5.67. The van der Waals surface area contributed by atoms with Crippen molar-refractivity contribution in [2.45, 2.75) is 6.10 Å². The van der Waals surface area contributed by atoms with Crippen LogP contribution in [0.2, 0.25) is 0 Å². The number of rotatable bonds is 1. The molecular formula is C14H12O4. The summed E-state index contributed by atoms with van der Waals surface area (Å²) in [6, 6.07) is 7.04. The van der Waals surface area contributed by atoms with E-state index in [0.29, 0.717) is 17.1 Å². The van der Waals surface area contributed by atoms with E-state index in [1.165, 1.54) is 7.11 Å². The molecule has 4 nitrogen and oxygen atoms in total. The summed E-state index contributed by atoms with van der Waals surface area (Å²) in [6.45, 7) is 0. The van der Waals surface area contributed by atoms with Crippen molar-refractivity contribution in [1.29, 1.82) is 0 Å². The Bertz CT molecular complexity index is 571. The lowest BCUT2D eigenvalue weighted by molar-refractivity contribution is 0.0701. The number of carbonyl (C=O) groups is 1. The molecule has 0 spiro atoms. The van der Waals surface area contributed by atoms with Crippen molar-refractivity contribution < 1.29 is 19.4 Å².